The Bertz CT molecular complexity index is 523. The molecule has 1 aromatic carbocycles. The van der Waals surface area contributed by atoms with Crippen molar-refractivity contribution in [3.63, 3.8) is 0 Å². The molecule has 88 valence electrons. The summed E-state index contributed by atoms with van der Waals surface area (Å²) in [6.07, 6.45) is 3.68. The lowest BCUT2D eigenvalue weighted by atomic mass is 10.0. The quantitative estimate of drug-likeness (QED) is 0.898. The van der Waals surface area contributed by atoms with E-state index in [-0.39, 0.29) is 0 Å². The Morgan fingerprint density at radius 3 is 2.71 bits per heavy atom. The first-order chi connectivity index (χ1) is 8.20. The van der Waals surface area contributed by atoms with E-state index in [4.69, 9.17) is 11.6 Å². The van der Waals surface area contributed by atoms with E-state index in [1.807, 2.05) is 38.5 Å². The van der Waals surface area contributed by atoms with Crippen molar-refractivity contribution in [1.82, 2.24) is 10.3 Å². The Hall–Kier alpha value is -1.38. The molecular formula is C14H15ClN2. The van der Waals surface area contributed by atoms with Crippen LogP contribution in [0.5, 0.6) is 0 Å². The van der Waals surface area contributed by atoms with Crippen LogP contribution in [0.15, 0.2) is 36.7 Å². The highest BCUT2D eigenvalue weighted by Crippen LogP contribution is 2.28. The maximum absolute atomic E-state index is 6.30. The van der Waals surface area contributed by atoms with E-state index >= 15 is 0 Å². The summed E-state index contributed by atoms with van der Waals surface area (Å²) in [4.78, 5) is 4.19. The van der Waals surface area contributed by atoms with Gasteiger partial charge in [0.2, 0.25) is 0 Å². The molecule has 0 radical (unpaired) electrons. The normalized spacial score (nSPS) is 10.5. The van der Waals surface area contributed by atoms with E-state index in [9.17, 15) is 0 Å². The smallest absolute Gasteiger partial charge is 0.0488 e. The fourth-order valence-electron chi connectivity index (χ4n) is 1.81. The van der Waals surface area contributed by atoms with Crippen LogP contribution in [0.4, 0.5) is 0 Å². The number of halogens is 1. The van der Waals surface area contributed by atoms with Gasteiger partial charge in [0.1, 0.15) is 0 Å². The number of nitrogens with zero attached hydrogens (tertiary/aromatic N) is 1. The molecule has 0 saturated heterocycles. The molecule has 0 spiro atoms. The maximum Gasteiger partial charge on any atom is 0.0488 e. The molecule has 2 rings (SSSR count). The van der Waals surface area contributed by atoms with Crippen molar-refractivity contribution in [3.05, 3.63) is 52.8 Å². The molecule has 2 nitrogen and oxygen atoms in total. The second-order valence-corrected chi connectivity index (χ2v) is 4.50. The topological polar surface area (TPSA) is 24.9 Å². The Labute approximate surface area is 107 Å². The molecule has 1 heterocycles. The molecule has 0 saturated carbocycles. The standard InChI is InChI=1S/C14H15ClN2/c1-10-5-12(9-17-7-10)13-4-3-11(8-16-2)6-14(13)15/h3-7,9,16H,8H2,1-2H3. The highest BCUT2D eigenvalue weighted by Gasteiger charge is 2.05. The summed E-state index contributed by atoms with van der Waals surface area (Å²) in [5.74, 6) is 0. The van der Waals surface area contributed by atoms with E-state index in [0.717, 1.165) is 28.3 Å². The first kappa shape index (κ1) is 12.1. The Morgan fingerprint density at radius 2 is 2.06 bits per heavy atom. The van der Waals surface area contributed by atoms with Gasteiger partial charge in [-0.05, 0) is 37.2 Å². The molecule has 17 heavy (non-hydrogen) atoms. The maximum atomic E-state index is 6.30. The van der Waals surface area contributed by atoms with Crippen LogP contribution in [0.3, 0.4) is 0 Å². The van der Waals surface area contributed by atoms with Gasteiger partial charge in [0.15, 0.2) is 0 Å². The lowest BCUT2D eigenvalue weighted by molar-refractivity contribution is 0.818. The zero-order valence-corrected chi connectivity index (χ0v) is 10.8. The largest absolute Gasteiger partial charge is 0.316 e. The minimum absolute atomic E-state index is 0.769. The highest BCUT2D eigenvalue weighted by atomic mass is 35.5. The van der Waals surface area contributed by atoms with Crippen molar-refractivity contribution in [1.29, 1.82) is 0 Å². The third kappa shape index (κ3) is 2.84. The van der Waals surface area contributed by atoms with Gasteiger partial charge in [-0.15, -0.1) is 0 Å². The molecule has 0 aliphatic carbocycles. The zero-order chi connectivity index (χ0) is 12.3. The first-order valence-corrected chi connectivity index (χ1v) is 5.93. The molecule has 0 aliphatic heterocycles. The minimum atomic E-state index is 0.769. The zero-order valence-electron chi connectivity index (χ0n) is 10.00. The monoisotopic (exact) mass is 246 g/mol. The summed E-state index contributed by atoms with van der Waals surface area (Å²) >= 11 is 6.30. The van der Waals surface area contributed by atoms with Crippen molar-refractivity contribution in [3.8, 4) is 11.1 Å². The molecule has 0 bridgehead atoms. The Morgan fingerprint density at radius 1 is 1.24 bits per heavy atom. The van der Waals surface area contributed by atoms with E-state index < -0.39 is 0 Å². The lowest BCUT2D eigenvalue weighted by Gasteiger charge is -2.07. The van der Waals surface area contributed by atoms with Crippen LogP contribution in [0, 0.1) is 6.92 Å². The second kappa shape index (κ2) is 5.30. The van der Waals surface area contributed by atoms with Gasteiger partial charge in [0, 0.05) is 35.1 Å². The summed E-state index contributed by atoms with van der Waals surface area (Å²) in [5, 5.41) is 3.88. The number of rotatable bonds is 3. The van der Waals surface area contributed by atoms with Crippen LogP contribution < -0.4 is 5.32 Å². The molecule has 0 fully saturated rings. The number of aryl methyl sites for hydroxylation is 1. The summed E-state index contributed by atoms with van der Waals surface area (Å²) in [5.41, 5.74) is 4.41. The summed E-state index contributed by atoms with van der Waals surface area (Å²) in [6, 6.07) is 8.22. The average Bonchev–Trinajstić information content (AvgIpc) is 2.29. The summed E-state index contributed by atoms with van der Waals surface area (Å²) < 4.78 is 0. The number of benzene rings is 1. The predicted octanol–water partition coefficient (Wildman–Crippen LogP) is 3.43. The van der Waals surface area contributed by atoms with Gasteiger partial charge in [-0.2, -0.15) is 0 Å². The Kier molecular flexibility index (Phi) is 3.77. The summed E-state index contributed by atoms with van der Waals surface area (Å²) in [6.45, 7) is 2.85. The molecule has 0 unspecified atom stereocenters. The van der Waals surface area contributed by atoms with Gasteiger partial charge < -0.3 is 5.32 Å². The van der Waals surface area contributed by atoms with Gasteiger partial charge in [-0.1, -0.05) is 23.7 Å². The van der Waals surface area contributed by atoms with Gasteiger partial charge in [0.05, 0.1) is 0 Å². The number of nitrogens with one attached hydrogen (secondary N) is 1. The second-order valence-electron chi connectivity index (χ2n) is 4.10. The van der Waals surface area contributed by atoms with Gasteiger partial charge >= 0.3 is 0 Å². The number of hydrogen-bond donors (Lipinski definition) is 1. The first-order valence-electron chi connectivity index (χ1n) is 5.56. The van der Waals surface area contributed by atoms with Crippen LogP contribution in [0.1, 0.15) is 11.1 Å². The SMILES string of the molecule is CNCc1ccc(-c2cncc(C)c2)c(Cl)c1. The predicted molar refractivity (Wildman–Crippen MR) is 72.2 cm³/mol. The molecular weight excluding hydrogens is 232 g/mol. The fraction of sp³-hybridized carbons (Fsp3) is 0.214. The number of aromatic nitrogens is 1. The van der Waals surface area contributed by atoms with E-state index in [1.54, 1.807) is 0 Å². The molecule has 1 N–H and O–H groups in total. The van der Waals surface area contributed by atoms with Gasteiger partial charge in [-0.25, -0.2) is 0 Å². The van der Waals surface area contributed by atoms with E-state index in [0.29, 0.717) is 0 Å². The summed E-state index contributed by atoms with van der Waals surface area (Å²) in [7, 11) is 1.92. The van der Waals surface area contributed by atoms with E-state index in [2.05, 4.69) is 22.4 Å². The average molecular weight is 247 g/mol. The van der Waals surface area contributed by atoms with Crippen molar-refractivity contribution < 1.29 is 0 Å². The third-order valence-electron chi connectivity index (χ3n) is 2.60. The van der Waals surface area contributed by atoms with Crippen LogP contribution in [-0.2, 0) is 6.54 Å². The molecule has 3 heteroatoms. The van der Waals surface area contributed by atoms with Crippen LogP contribution >= 0.6 is 11.6 Å². The third-order valence-corrected chi connectivity index (χ3v) is 2.91. The van der Waals surface area contributed by atoms with Crippen molar-refractivity contribution in [2.45, 2.75) is 13.5 Å². The molecule has 0 amide bonds. The molecule has 1 aromatic heterocycles. The lowest BCUT2D eigenvalue weighted by Crippen LogP contribution is -2.04. The van der Waals surface area contributed by atoms with Crippen LogP contribution in [-0.4, -0.2) is 12.0 Å². The molecule has 0 atom stereocenters. The van der Waals surface area contributed by atoms with Crippen molar-refractivity contribution in [2.24, 2.45) is 0 Å². The Balaban J connectivity index is 2.39. The highest BCUT2D eigenvalue weighted by molar-refractivity contribution is 6.33. The van der Waals surface area contributed by atoms with Crippen LogP contribution in [0.2, 0.25) is 5.02 Å². The molecule has 2 aromatic rings. The van der Waals surface area contributed by atoms with Gasteiger partial charge in [0.25, 0.3) is 0 Å². The van der Waals surface area contributed by atoms with Crippen molar-refractivity contribution >= 4 is 11.6 Å². The van der Waals surface area contributed by atoms with E-state index in [1.165, 1.54) is 5.56 Å². The fourth-order valence-corrected chi connectivity index (χ4v) is 2.12. The van der Waals surface area contributed by atoms with Crippen LogP contribution in [0.25, 0.3) is 11.1 Å². The van der Waals surface area contributed by atoms with Gasteiger partial charge in [-0.3, -0.25) is 4.98 Å². The number of hydrogen-bond acceptors (Lipinski definition) is 2. The molecule has 0 aliphatic rings. The van der Waals surface area contributed by atoms with Crippen molar-refractivity contribution in [2.75, 3.05) is 7.05 Å². The minimum Gasteiger partial charge on any atom is -0.316 e. The number of pyridine rings is 1.